The molecule has 0 radical (unpaired) electrons. The average molecular weight is 404 g/mol. The van der Waals surface area contributed by atoms with Gasteiger partial charge in [0.1, 0.15) is 17.1 Å². The number of rotatable bonds is 4. The van der Waals surface area contributed by atoms with Gasteiger partial charge in [-0.05, 0) is 36.7 Å². The van der Waals surface area contributed by atoms with E-state index in [0.717, 1.165) is 12.1 Å². The zero-order valence-electron chi connectivity index (χ0n) is 13.6. The first-order chi connectivity index (χ1) is 11.1. The fraction of sp³-hybridized carbons (Fsp3) is 0.533. The molecule has 0 spiro atoms. The van der Waals surface area contributed by atoms with E-state index in [2.05, 4.69) is 21.2 Å². The van der Waals surface area contributed by atoms with Gasteiger partial charge >= 0.3 is 6.09 Å². The van der Waals surface area contributed by atoms with Crippen molar-refractivity contribution < 1.29 is 18.8 Å². The van der Waals surface area contributed by atoms with Gasteiger partial charge in [0.05, 0.1) is 9.40 Å². The van der Waals surface area contributed by atoms with Gasteiger partial charge in [0.25, 0.3) is 5.69 Å². The van der Waals surface area contributed by atoms with Crippen LogP contribution >= 0.6 is 15.9 Å². The molecule has 0 aromatic heterocycles. The molecule has 1 aliphatic rings. The fourth-order valence-electron chi connectivity index (χ4n) is 2.26. The molecule has 0 atom stereocenters. The molecule has 132 valence electrons. The lowest BCUT2D eigenvalue weighted by Crippen LogP contribution is -2.53. The Hall–Kier alpha value is -1.90. The number of anilines is 1. The minimum Gasteiger partial charge on any atom is -0.444 e. The van der Waals surface area contributed by atoms with Gasteiger partial charge < -0.3 is 15.0 Å². The summed E-state index contributed by atoms with van der Waals surface area (Å²) in [5.41, 5.74) is -0.626. The average Bonchev–Trinajstić information content (AvgIpc) is 2.38. The second-order valence-corrected chi connectivity index (χ2v) is 7.53. The summed E-state index contributed by atoms with van der Waals surface area (Å²) in [6, 6.07) is 2.22. The normalized spacial score (nSPS) is 15.0. The van der Waals surface area contributed by atoms with Crippen molar-refractivity contribution in [3.63, 3.8) is 0 Å². The van der Waals surface area contributed by atoms with Gasteiger partial charge in [-0.3, -0.25) is 10.1 Å². The molecule has 1 aliphatic heterocycles. The predicted molar refractivity (Wildman–Crippen MR) is 90.5 cm³/mol. The van der Waals surface area contributed by atoms with Crippen LogP contribution in [0.2, 0.25) is 0 Å². The summed E-state index contributed by atoms with van der Waals surface area (Å²) >= 11 is 2.94. The molecule has 1 amide bonds. The molecular formula is C15H19BrFN3O4. The maximum atomic E-state index is 13.6. The maximum absolute atomic E-state index is 13.6. The van der Waals surface area contributed by atoms with Crippen LogP contribution in [-0.2, 0) is 4.74 Å². The fourth-order valence-corrected chi connectivity index (χ4v) is 2.59. The summed E-state index contributed by atoms with van der Waals surface area (Å²) < 4.78 is 18.9. The molecule has 0 saturated carbocycles. The third-order valence-electron chi connectivity index (χ3n) is 3.43. The summed E-state index contributed by atoms with van der Waals surface area (Å²) in [6.45, 7) is 6.78. The zero-order valence-corrected chi connectivity index (χ0v) is 15.2. The van der Waals surface area contributed by atoms with Crippen LogP contribution in [-0.4, -0.2) is 41.2 Å². The molecule has 1 aromatic rings. The number of amides is 1. The number of nitrogens with one attached hydrogen (secondary N) is 1. The Labute approximate surface area is 147 Å². The Kier molecular flexibility index (Phi) is 5.32. The number of likely N-dealkylation sites (tertiary alicyclic amines) is 1. The molecular weight excluding hydrogens is 385 g/mol. The molecule has 1 heterocycles. The van der Waals surface area contributed by atoms with E-state index < -0.39 is 16.3 Å². The van der Waals surface area contributed by atoms with Gasteiger partial charge in [0.2, 0.25) is 0 Å². The van der Waals surface area contributed by atoms with Crippen molar-refractivity contribution in [1.82, 2.24) is 4.90 Å². The molecule has 1 saturated heterocycles. The highest BCUT2D eigenvalue weighted by Gasteiger charge is 2.33. The molecule has 0 bridgehead atoms. The van der Waals surface area contributed by atoms with E-state index in [1.807, 2.05) is 0 Å². The van der Waals surface area contributed by atoms with E-state index in [1.54, 1.807) is 25.7 Å². The Balaban J connectivity index is 1.89. The molecule has 1 aromatic carbocycles. The Morgan fingerprint density at radius 3 is 2.67 bits per heavy atom. The van der Waals surface area contributed by atoms with Crippen LogP contribution in [0.4, 0.5) is 20.6 Å². The number of carbonyl (C=O) groups excluding carboxylic acids is 1. The van der Waals surface area contributed by atoms with Crippen LogP contribution in [0.15, 0.2) is 16.6 Å². The Morgan fingerprint density at radius 1 is 1.50 bits per heavy atom. The Bertz CT molecular complexity index is 657. The number of hydrogen-bond acceptors (Lipinski definition) is 5. The number of halogens is 2. The van der Waals surface area contributed by atoms with Gasteiger partial charge in [-0.2, -0.15) is 0 Å². The van der Waals surface area contributed by atoms with Crippen molar-refractivity contribution in [3.05, 3.63) is 32.5 Å². The smallest absolute Gasteiger partial charge is 0.410 e. The van der Waals surface area contributed by atoms with Crippen LogP contribution in [0.1, 0.15) is 20.8 Å². The quantitative estimate of drug-likeness (QED) is 0.610. The van der Waals surface area contributed by atoms with E-state index in [1.165, 1.54) is 0 Å². The van der Waals surface area contributed by atoms with Crippen LogP contribution < -0.4 is 5.32 Å². The number of nitro groups is 1. The summed E-state index contributed by atoms with van der Waals surface area (Å²) in [4.78, 5) is 23.9. The summed E-state index contributed by atoms with van der Waals surface area (Å²) in [6.07, 6.45) is -0.376. The molecule has 0 aliphatic carbocycles. The predicted octanol–water partition coefficient (Wildman–Crippen LogP) is 3.78. The second-order valence-electron chi connectivity index (χ2n) is 6.67. The molecule has 1 fully saturated rings. The molecule has 24 heavy (non-hydrogen) atoms. The van der Waals surface area contributed by atoms with E-state index in [-0.39, 0.29) is 27.9 Å². The standard InChI is InChI=1S/C15H19BrFN3O4/c1-15(2,3)24-14(21)19-7-9(8-19)6-18-12-5-11(17)10(16)4-13(12)20(22)23/h4-5,9,18H,6-8H2,1-3H3. The van der Waals surface area contributed by atoms with Crippen molar-refractivity contribution in [2.24, 2.45) is 5.92 Å². The summed E-state index contributed by atoms with van der Waals surface area (Å²) in [5.74, 6) is -0.448. The van der Waals surface area contributed by atoms with Crippen molar-refractivity contribution in [2.45, 2.75) is 26.4 Å². The number of nitro benzene ring substituents is 1. The van der Waals surface area contributed by atoms with E-state index >= 15 is 0 Å². The van der Waals surface area contributed by atoms with Gasteiger partial charge in [-0.25, -0.2) is 9.18 Å². The van der Waals surface area contributed by atoms with Crippen molar-refractivity contribution >= 4 is 33.4 Å². The lowest BCUT2D eigenvalue weighted by molar-refractivity contribution is -0.384. The first kappa shape index (κ1) is 18.4. The van der Waals surface area contributed by atoms with Gasteiger partial charge in [-0.1, -0.05) is 0 Å². The molecule has 1 N–H and O–H groups in total. The summed E-state index contributed by atoms with van der Waals surface area (Å²) in [5, 5.41) is 13.9. The number of ether oxygens (including phenoxy) is 1. The number of carbonyl (C=O) groups is 1. The SMILES string of the molecule is CC(C)(C)OC(=O)N1CC(CNc2cc(F)c(Br)cc2[N+](=O)[O-])C1. The van der Waals surface area contributed by atoms with Gasteiger partial charge in [-0.15, -0.1) is 0 Å². The zero-order chi connectivity index (χ0) is 18.1. The third-order valence-corrected chi connectivity index (χ3v) is 4.03. The third kappa shape index (κ3) is 4.56. The van der Waals surface area contributed by atoms with Crippen molar-refractivity contribution in [1.29, 1.82) is 0 Å². The highest BCUT2D eigenvalue weighted by Crippen LogP contribution is 2.31. The monoisotopic (exact) mass is 403 g/mol. The minimum absolute atomic E-state index is 0.0412. The number of nitrogens with zero attached hydrogens (tertiary/aromatic N) is 2. The first-order valence-electron chi connectivity index (χ1n) is 7.42. The number of benzene rings is 1. The molecule has 2 rings (SSSR count). The van der Waals surface area contributed by atoms with Crippen LogP contribution in [0.25, 0.3) is 0 Å². The van der Waals surface area contributed by atoms with E-state index in [0.29, 0.717) is 19.6 Å². The summed E-state index contributed by atoms with van der Waals surface area (Å²) in [7, 11) is 0. The largest absolute Gasteiger partial charge is 0.444 e. The maximum Gasteiger partial charge on any atom is 0.410 e. The second kappa shape index (κ2) is 6.92. The van der Waals surface area contributed by atoms with E-state index in [4.69, 9.17) is 4.74 Å². The van der Waals surface area contributed by atoms with Gasteiger partial charge in [0.15, 0.2) is 0 Å². The lowest BCUT2D eigenvalue weighted by atomic mass is 10.0. The lowest BCUT2D eigenvalue weighted by Gasteiger charge is -2.39. The molecule has 0 unspecified atom stereocenters. The highest BCUT2D eigenvalue weighted by molar-refractivity contribution is 9.10. The van der Waals surface area contributed by atoms with Crippen molar-refractivity contribution in [3.8, 4) is 0 Å². The topological polar surface area (TPSA) is 84.7 Å². The highest BCUT2D eigenvalue weighted by atomic mass is 79.9. The minimum atomic E-state index is -0.577. The molecule has 9 heteroatoms. The first-order valence-corrected chi connectivity index (χ1v) is 8.21. The molecule has 7 nitrogen and oxygen atoms in total. The van der Waals surface area contributed by atoms with Crippen LogP contribution in [0.3, 0.4) is 0 Å². The van der Waals surface area contributed by atoms with Crippen molar-refractivity contribution in [2.75, 3.05) is 25.0 Å². The van der Waals surface area contributed by atoms with Crippen LogP contribution in [0.5, 0.6) is 0 Å². The van der Waals surface area contributed by atoms with E-state index in [9.17, 15) is 19.3 Å². The van der Waals surface area contributed by atoms with Gasteiger partial charge in [0, 0.05) is 37.7 Å². The Morgan fingerprint density at radius 2 is 2.12 bits per heavy atom. The van der Waals surface area contributed by atoms with Crippen LogP contribution in [0, 0.1) is 21.8 Å². The number of hydrogen-bond donors (Lipinski definition) is 1.